The third-order valence-corrected chi connectivity index (χ3v) is 4.82. The van der Waals surface area contributed by atoms with Gasteiger partial charge in [0.15, 0.2) is 5.78 Å². The van der Waals surface area contributed by atoms with Crippen LogP contribution in [0.1, 0.15) is 24.5 Å². The molecule has 1 fully saturated rings. The minimum absolute atomic E-state index is 0.124. The first-order valence-electron chi connectivity index (χ1n) is 9.59. The molecule has 1 aliphatic heterocycles. The van der Waals surface area contributed by atoms with Crippen LogP contribution in [0.25, 0.3) is 12.2 Å². The van der Waals surface area contributed by atoms with E-state index in [2.05, 4.69) is 11.8 Å². The van der Waals surface area contributed by atoms with Crippen LogP contribution in [0.3, 0.4) is 0 Å². The number of Topliss-reactive ketones (excluding diaryl/α,β-unsaturated/α-hetero) is 1. The molecule has 4 nitrogen and oxygen atoms in total. The molecule has 28 heavy (non-hydrogen) atoms. The van der Waals surface area contributed by atoms with Gasteiger partial charge in [-0.1, -0.05) is 31.2 Å². The van der Waals surface area contributed by atoms with Crippen molar-refractivity contribution in [3.63, 3.8) is 0 Å². The molecule has 1 heterocycles. The second-order valence-corrected chi connectivity index (χ2v) is 6.93. The number of benzene rings is 2. The number of ether oxygens (including phenoxy) is 2. The van der Waals surface area contributed by atoms with Crippen molar-refractivity contribution in [2.24, 2.45) is 0 Å². The van der Waals surface area contributed by atoms with Gasteiger partial charge >= 0.3 is 0 Å². The van der Waals surface area contributed by atoms with Gasteiger partial charge in [0.25, 0.3) is 0 Å². The summed E-state index contributed by atoms with van der Waals surface area (Å²) >= 11 is 0. The van der Waals surface area contributed by atoms with E-state index in [0.717, 1.165) is 46.7 Å². The summed E-state index contributed by atoms with van der Waals surface area (Å²) in [6, 6.07) is 15.6. The molecule has 0 N–H and O–H groups in total. The predicted molar refractivity (Wildman–Crippen MR) is 114 cm³/mol. The van der Waals surface area contributed by atoms with Gasteiger partial charge in [-0.3, -0.25) is 9.69 Å². The standard InChI is InChI=1S/C24H27NO3/c1-4-13-25-16-20(14-18-5-9-22(27-2)10-6-18)24(26)21(17-25)15-19-7-11-23(28-3)12-8-19/h5-12,14-15H,4,13,16-17H2,1-3H3/b20-14+,21-15+. The maximum atomic E-state index is 13.1. The number of rotatable bonds is 6. The van der Waals surface area contributed by atoms with Gasteiger partial charge in [0.05, 0.1) is 14.2 Å². The summed E-state index contributed by atoms with van der Waals surface area (Å²) in [5.41, 5.74) is 3.66. The number of ketones is 1. The second-order valence-electron chi connectivity index (χ2n) is 6.93. The maximum absolute atomic E-state index is 13.1. The normalized spacial score (nSPS) is 17.9. The van der Waals surface area contributed by atoms with Crippen LogP contribution in [-0.2, 0) is 4.79 Å². The highest BCUT2D eigenvalue weighted by Crippen LogP contribution is 2.23. The van der Waals surface area contributed by atoms with Gasteiger partial charge in [0.1, 0.15) is 11.5 Å². The predicted octanol–water partition coefficient (Wildman–Crippen LogP) is 4.47. The van der Waals surface area contributed by atoms with E-state index in [1.165, 1.54) is 0 Å². The number of nitrogens with zero attached hydrogens (tertiary/aromatic N) is 1. The molecule has 0 amide bonds. The van der Waals surface area contributed by atoms with Crippen LogP contribution in [0, 0.1) is 0 Å². The van der Waals surface area contributed by atoms with E-state index in [-0.39, 0.29) is 5.78 Å². The largest absolute Gasteiger partial charge is 0.497 e. The van der Waals surface area contributed by atoms with Crippen LogP contribution >= 0.6 is 0 Å². The Hall–Kier alpha value is -2.85. The number of piperidine rings is 1. The summed E-state index contributed by atoms with van der Waals surface area (Å²) in [6.07, 6.45) is 5.04. The molecule has 1 saturated heterocycles. The minimum atomic E-state index is 0.124. The molecule has 0 bridgehead atoms. The van der Waals surface area contributed by atoms with Crippen LogP contribution in [0.2, 0.25) is 0 Å². The Kier molecular flexibility index (Phi) is 6.66. The van der Waals surface area contributed by atoms with Crippen LogP contribution in [0.5, 0.6) is 11.5 Å². The molecule has 4 heteroatoms. The highest BCUT2D eigenvalue weighted by molar-refractivity contribution is 6.14. The van der Waals surface area contributed by atoms with Crippen LogP contribution in [0.4, 0.5) is 0 Å². The lowest BCUT2D eigenvalue weighted by Crippen LogP contribution is -2.38. The number of carbonyl (C=O) groups excluding carboxylic acids is 1. The van der Waals surface area contributed by atoms with Crippen LogP contribution in [0.15, 0.2) is 59.7 Å². The molecular formula is C24H27NO3. The van der Waals surface area contributed by atoms with E-state index < -0.39 is 0 Å². The SMILES string of the molecule is CCCN1C/C(=C\c2ccc(OC)cc2)C(=O)/C(=C/c2ccc(OC)cc2)C1. The average Bonchev–Trinajstić information content (AvgIpc) is 2.72. The first-order valence-corrected chi connectivity index (χ1v) is 9.59. The molecule has 0 spiro atoms. The lowest BCUT2D eigenvalue weighted by Gasteiger charge is -2.29. The molecule has 1 aliphatic rings. The van der Waals surface area contributed by atoms with Gasteiger partial charge in [-0.2, -0.15) is 0 Å². The maximum Gasteiger partial charge on any atom is 0.187 e. The summed E-state index contributed by atoms with van der Waals surface area (Å²) in [6.45, 7) is 4.49. The molecule has 0 atom stereocenters. The quantitative estimate of drug-likeness (QED) is 0.697. The van der Waals surface area contributed by atoms with E-state index in [1.54, 1.807) is 14.2 Å². The van der Waals surface area contributed by atoms with Crippen molar-refractivity contribution in [1.82, 2.24) is 4.90 Å². The molecule has 2 aromatic rings. The number of carbonyl (C=O) groups is 1. The Balaban J connectivity index is 1.90. The minimum Gasteiger partial charge on any atom is -0.497 e. The van der Waals surface area contributed by atoms with Gasteiger partial charge in [-0.05, 0) is 60.5 Å². The fraction of sp³-hybridized carbons (Fsp3) is 0.292. The van der Waals surface area contributed by atoms with Crippen molar-refractivity contribution in [1.29, 1.82) is 0 Å². The Bertz CT molecular complexity index is 794. The topological polar surface area (TPSA) is 38.8 Å². The van der Waals surface area contributed by atoms with Crippen LogP contribution < -0.4 is 9.47 Å². The van der Waals surface area contributed by atoms with E-state index >= 15 is 0 Å². The zero-order valence-electron chi connectivity index (χ0n) is 16.8. The van der Waals surface area contributed by atoms with E-state index in [4.69, 9.17) is 9.47 Å². The molecule has 2 aromatic carbocycles. The van der Waals surface area contributed by atoms with Crippen molar-refractivity contribution in [3.8, 4) is 11.5 Å². The molecular weight excluding hydrogens is 350 g/mol. The zero-order valence-corrected chi connectivity index (χ0v) is 16.8. The third-order valence-electron chi connectivity index (χ3n) is 4.82. The highest BCUT2D eigenvalue weighted by atomic mass is 16.5. The van der Waals surface area contributed by atoms with Crippen molar-refractivity contribution >= 4 is 17.9 Å². The molecule has 0 unspecified atom stereocenters. The van der Waals surface area contributed by atoms with Crippen molar-refractivity contribution < 1.29 is 14.3 Å². The Morgan fingerprint density at radius 3 is 1.61 bits per heavy atom. The summed E-state index contributed by atoms with van der Waals surface area (Å²) in [7, 11) is 3.30. The highest BCUT2D eigenvalue weighted by Gasteiger charge is 2.25. The zero-order chi connectivity index (χ0) is 19.9. The van der Waals surface area contributed by atoms with Gasteiger partial charge < -0.3 is 9.47 Å². The lowest BCUT2D eigenvalue weighted by atomic mass is 9.94. The first kappa shape index (κ1) is 19.9. The van der Waals surface area contributed by atoms with Crippen molar-refractivity contribution in [2.75, 3.05) is 33.9 Å². The van der Waals surface area contributed by atoms with E-state index in [1.807, 2.05) is 60.7 Å². The van der Waals surface area contributed by atoms with Gasteiger partial charge in [0.2, 0.25) is 0 Å². The molecule has 0 saturated carbocycles. The lowest BCUT2D eigenvalue weighted by molar-refractivity contribution is -0.113. The fourth-order valence-electron chi connectivity index (χ4n) is 3.39. The molecule has 3 rings (SSSR count). The molecule has 146 valence electrons. The number of methoxy groups -OCH3 is 2. The van der Waals surface area contributed by atoms with E-state index in [9.17, 15) is 4.79 Å². The number of likely N-dealkylation sites (tertiary alicyclic amines) is 1. The molecule has 0 aromatic heterocycles. The third kappa shape index (κ3) is 4.90. The summed E-state index contributed by atoms with van der Waals surface area (Å²) < 4.78 is 10.4. The monoisotopic (exact) mass is 377 g/mol. The first-order chi connectivity index (χ1) is 13.6. The fourth-order valence-corrected chi connectivity index (χ4v) is 3.39. The molecule has 0 aliphatic carbocycles. The number of hydrogen-bond acceptors (Lipinski definition) is 4. The van der Waals surface area contributed by atoms with Crippen LogP contribution in [-0.4, -0.2) is 44.5 Å². The summed E-state index contributed by atoms with van der Waals surface area (Å²) in [5.74, 6) is 1.74. The van der Waals surface area contributed by atoms with E-state index in [0.29, 0.717) is 13.1 Å². The van der Waals surface area contributed by atoms with Crippen molar-refractivity contribution in [3.05, 3.63) is 70.8 Å². The Labute approximate surface area is 167 Å². The van der Waals surface area contributed by atoms with Gasteiger partial charge in [-0.15, -0.1) is 0 Å². The summed E-state index contributed by atoms with van der Waals surface area (Å²) in [4.78, 5) is 15.4. The van der Waals surface area contributed by atoms with Crippen molar-refractivity contribution in [2.45, 2.75) is 13.3 Å². The van der Waals surface area contributed by atoms with Gasteiger partial charge in [-0.25, -0.2) is 0 Å². The Morgan fingerprint density at radius 2 is 1.25 bits per heavy atom. The molecule has 0 radical (unpaired) electrons. The summed E-state index contributed by atoms with van der Waals surface area (Å²) in [5, 5.41) is 0. The average molecular weight is 377 g/mol. The smallest absolute Gasteiger partial charge is 0.187 e. The number of hydrogen-bond donors (Lipinski definition) is 0. The van der Waals surface area contributed by atoms with Gasteiger partial charge in [0, 0.05) is 24.2 Å². The Morgan fingerprint density at radius 1 is 0.821 bits per heavy atom. The second kappa shape index (κ2) is 9.38.